The normalized spacial score (nSPS) is 16.4. The molecule has 0 aliphatic heterocycles. The first-order valence-electron chi connectivity index (χ1n) is 7.63. The second kappa shape index (κ2) is 7.66. The fourth-order valence-corrected chi connectivity index (χ4v) is 4.29. The van der Waals surface area contributed by atoms with E-state index < -0.39 is 0 Å². The Morgan fingerprint density at radius 3 is 2.75 bits per heavy atom. The fourth-order valence-electron chi connectivity index (χ4n) is 2.31. The first-order chi connectivity index (χ1) is 9.69. The molecule has 114 valence electrons. The van der Waals surface area contributed by atoms with Gasteiger partial charge in [0.05, 0.1) is 5.69 Å². The molecule has 1 fully saturated rings. The number of anilines is 1. The predicted molar refractivity (Wildman–Crippen MR) is 92.2 cm³/mol. The zero-order valence-electron chi connectivity index (χ0n) is 13.1. The van der Waals surface area contributed by atoms with Gasteiger partial charge in [0.2, 0.25) is 0 Å². The maximum absolute atomic E-state index is 4.87. The average molecular weight is 314 g/mol. The van der Waals surface area contributed by atoms with Crippen molar-refractivity contribution in [1.82, 2.24) is 10.3 Å². The number of thioether (sulfide) groups is 1. The second-order valence-electron chi connectivity index (χ2n) is 5.50. The fraction of sp³-hybridized carbons (Fsp3) is 0.800. The summed E-state index contributed by atoms with van der Waals surface area (Å²) in [5, 5.41) is 4.81. The highest BCUT2D eigenvalue weighted by molar-refractivity contribution is 7.98. The van der Waals surface area contributed by atoms with E-state index in [1.807, 2.05) is 23.1 Å². The van der Waals surface area contributed by atoms with Crippen LogP contribution in [-0.2, 0) is 13.0 Å². The molecule has 1 aliphatic carbocycles. The maximum atomic E-state index is 4.87. The van der Waals surface area contributed by atoms with Crippen LogP contribution in [0.15, 0.2) is 0 Å². The first-order valence-corrected chi connectivity index (χ1v) is 9.84. The lowest BCUT2D eigenvalue weighted by Gasteiger charge is -2.26. The summed E-state index contributed by atoms with van der Waals surface area (Å²) in [6.45, 7) is 5.47. The lowest BCUT2D eigenvalue weighted by molar-refractivity contribution is 0.670. The molecule has 1 unspecified atom stereocenters. The molecule has 0 aromatic carbocycles. The Bertz CT molecular complexity index is 415. The van der Waals surface area contributed by atoms with E-state index in [0.717, 1.165) is 19.0 Å². The largest absolute Gasteiger partial charge is 0.347 e. The zero-order chi connectivity index (χ0) is 14.5. The van der Waals surface area contributed by atoms with Crippen LogP contribution in [0.1, 0.15) is 43.7 Å². The van der Waals surface area contributed by atoms with Crippen molar-refractivity contribution in [1.29, 1.82) is 0 Å². The summed E-state index contributed by atoms with van der Waals surface area (Å²) in [4.78, 5) is 8.68. The van der Waals surface area contributed by atoms with Crippen molar-refractivity contribution in [3.05, 3.63) is 10.6 Å². The SMILES string of the molecule is CCc1nc(N(C)C(CC)CSC)sc1CNC1CC1. The van der Waals surface area contributed by atoms with Crippen LogP contribution in [0.25, 0.3) is 0 Å². The van der Waals surface area contributed by atoms with Crippen LogP contribution in [0.5, 0.6) is 0 Å². The van der Waals surface area contributed by atoms with Gasteiger partial charge in [-0.3, -0.25) is 0 Å². The molecule has 1 aromatic rings. The van der Waals surface area contributed by atoms with Gasteiger partial charge in [0.1, 0.15) is 0 Å². The molecule has 2 rings (SSSR count). The zero-order valence-corrected chi connectivity index (χ0v) is 14.7. The molecule has 20 heavy (non-hydrogen) atoms. The number of nitrogens with one attached hydrogen (secondary N) is 1. The highest BCUT2D eigenvalue weighted by Gasteiger charge is 2.22. The number of thiazole rings is 1. The van der Waals surface area contributed by atoms with Gasteiger partial charge in [-0.15, -0.1) is 11.3 Å². The van der Waals surface area contributed by atoms with Gasteiger partial charge >= 0.3 is 0 Å². The molecule has 0 amide bonds. The molecule has 0 spiro atoms. The Labute approximate surface area is 131 Å². The number of hydrogen-bond donors (Lipinski definition) is 1. The highest BCUT2D eigenvalue weighted by atomic mass is 32.2. The minimum Gasteiger partial charge on any atom is -0.347 e. The smallest absolute Gasteiger partial charge is 0.185 e. The average Bonchev–Trinajstić information content (AvgIpc) is 3.20. The monoisotopic (exact) mass is 313 g/mol. The van der Waals surface area contributed by atoms with E-state index in [-0.39, 0.29) is 0 Å². The van der Waals surface area contributed by atoms with Gasteiger partial charge in [-0.1, -0.05) is 13.8 Å². The van der Waals surface area contributed by atoms with E-state index in [9.17, 15) is 0 Å². The van der Waals surface area contributed by atoms with Gasteiger partial charge in [-0.25, -0.2) is 4.98 Å². The molecule has 1 heterocycles. The Hall–Kier alpha value is -0.260. The topological polar surface area (TPSA) is 28.2 Å². The molecular weight excluding hydrogens is 286 g/mol. The molecule has 1 saturated carbocycles. The lowest BCUT2D eigenvalue weighted by Crippen LogP contribution is -2.33. The van der Waals surface area contributed by atoms with E-state index in [2.05, 4.69) is 37.4 Å². The van der Waals surface area contributed by atoms with E-state index in [1.165, 1.54) is 40.7 Å². The van der Waals surface area contributed by atoms with Crippen molar-refractivity contribution in [3.8, 4) is 0 Å². The van der Waals surface area contributed by atoms with Crippen molar-refractivity contribution in [2.24, 2.45) is 0 Å². The quantitative estimate of drug-likeness (QED) is 0.755. The molecular formula is C15H27N3S2. The van der Waals surface area contributed by atoms with Crippen LogP contribution in [0.4, 0.5) is 5.13 Å². The highest BCUT2D eigenvalue weighted by Crippen LogP contribution is 2.29. The van der Waals surface area contributed by atoms with Gasteiger partial charge < -0.3 is 10.2 Å². The van der Waals surface area contributed by atoms with E-state index in [0.29, 0.717) is 6.04 Å². The molecule has 0 saturated heterocycles. The van der Waals surface area contributed by atoms with Crippen LogP contribution in [-0.4, -0.2) is 36.1 Å². The molecule has 1 N–H and O–H groups in total. The second-order valence-corrected chi connectivity index (χ2v) is 7.48. The van der Waals surface area contributed by atoms with Gasteiger partial charge in [-0.2, -0.15) is 11.8 Å². The van der Waals surface area contributed by atoms with Crippen LogP contribution < -0.4 is 10.2 Å². The van der Waals surface area contributed by atoms with Crippen molar-refractivity contribution in [2.45, 2.75) is 58.2 Å². The molecule has 1 atom stereocenters. The third-order valence-corrected chi connectivity index (χ3v) is 5.82. The Morgan fingerprint density at radius 1 is 1.45 bits per heavy atom. The van der Waals surface area contributed by atoms with Crippen molar-refractivity contribution in [2.75, 3.05) is 24.0 Å². The van der Waals surface area contributed by atoms with E-state index in [1.54, 1.807) is 0 Å². The van der Waals surface area contributed by atoms with Crippen molar-refractivity contribution in [3.63, 3.8) is 0 Å². The number of rotatable bonds is 9. The molecule has 3 nitrogen and oxygen atoms in total. The van der Waals surface area contributed by atoms with Gasteiger partial charge in [0.15, 0.2) is 5.13 Å². The van der Waals surface area contributed by atoms with Gasteiger partial charge in [0.25, 0.3) is 0 Å². The first kappa shape index (κ1) is 16.1. The Balaban J connectivity index is 2.05. The van der Waals surface area contributed by atoms with Crippen molar-refractivity contribution >= 4 is 28.2 Å². The Kier molecular flexibility index (Phi) is 6.18. The van der Waals surface area contributed by atoms with Gasteiger partial charge in [-0.05, 0) is 31.9 Å². The minimum absolute atomic E-state index is 0.588. The third-order valence-electron chi connectivity index (χ3n) is 3.91. The summed E-state index contributed by atoms with van der Waals surface area (Å²) >= 11 is 3.79. The van der Waals surface area contributed by atoms with E-state index >= 15 is 0 Å². The van der Waals surface area contributed by atoms with Crippen LogP contribution in [0.2, 0.25) is 0 Å². The molecule has 0 radical (unpaired) electrons. The Morgan fingerprint density at radius 2 is 2.20 bits per heavy atom. The van der Waals surface area contributed by atoms with Gasteiger partial charge in [0, 0.05) is 36.3 Å². The predicted octanol–water partition coefficient (Wildman–Crippen LogP) is 3.54. The molecule has 5 heteroatoms. The van der Waals surface area contributed by atoms with Crippen LogP contribution in [0, 0.1) is 0 Å². The maximum Gasteiger partial charge on any atom is 0.185 e. The van der Waals surface area contributed by atoms with Crippen LogP contribution >= 0.6 is 23.1 Å². The lowest BCUT2D eigenvalue weighted by atomic mass is 10.2. The molecule has 1 aromatic heterocycles. The number of aryl methyl sites for hydroxylation is 1. The number of aromatic nitrogens is 1. The number of hydrogen-bond acceptors (Lipinski definition) is 5. The molecule has 1 aliphatic rings. The summed E-state index contributed by atoms with van der Waals surface area (Å²) < 4.78 is 0. The summed E-state index contributed by atoms with van der Waals surface area (Å²) in [5.41, 5.74) is 1.28. The summed E-state index contributed by atoms with van der Waals surface area (Å²) in [7, 11) is 2.20. The van der Waals surface area contributed by atoms with Crippen LogP contribution in [0.3, 0.4) is 0 Å². The summed E-state index contributed by atoms with van der Waals surface area (Å²) in [5.74, 6) is 1.17. The summed E-state index contributed by atoms with van der Waals surface area (Å²) in [6, 6.07) is 1.35. The summed E-state index contributed by atoms with van der Waals surface area (Å²) in [6.07, 6.45) is 7.08. The third kappa shape index (κ3) is 4.12. The number of nitrogens with zero attached hydrogens (tertiary/aromatic N) is 2. The van der Waals surface area contributed by atoms with Crippen molar-refractivity contribution < 1.29 is 0 Å². The minimum atomic E-state index is 0.588. The van der Waals surface area contributed by atoms with E-state index in [4.69, 9.17) is 4.98 Å². The standard InChI is InChI=1S/C15H27N3S2/c1-5-12(10-19-4)18(3)15-17-13(6-2)14(20-15)9-16-11-7-8-11/h11-12,16H,5-10H2,1-4H3. The molecule has 0 bridgehead atoms.